The van der Waals surface area contributed by atoms with Gasteiger partial charge in [-0.15, -0.1) is 0 Å². The van der Waals surface area contributed by atoms with Gasteiger partial charge in [0, 0.05) is 24.2 Å². The van der Waals surface area contributed by atoms with Gasteiger partial charge in [-0.1, -0.05) is 62.4 Å². The van der Waals surface area contributed by atoms with E-state index in [4.69, 9.17) is 0 Å². The number of nitrogens with one attached hydrogen (secondary N) is 1. The predicted molar refractivity (Wildman–Crippen MR) is 134 cm³/mol. The van der Waals surface area contributed by atoms with Crippen LogP contribution in [0.1, 0.15) is 53.6 Å². The number of aryl methyl sites for hydroxylation is 1. The molecule has 0 saturated heterocycles. The van der Waals surface area contributed by atoms with Crippen LogP contribution in [0.4, 0.5) is 4.39 Å². The number of nitriles is 1. The van der Waals surface area contributed by atoms with Crippen LogP contribution < -0.4 is 5.56 Å². The van der Waals surface area contributed by atoms with Gasteiger partial charge in [-0.2, -0.15) is 5.26 Å². The highest BCUT2D eigenvalue weighted by Crippen LogP contribution is 2.26. The van der Waals surface area contributed by atoms with Gasteiger partial charge in [-0.25, -0.2) is 4.39 Å². The summed E-state index contributed by atoms with van der Waals surface area (Å²) in [6, 6.07) is 23.8. The zero-order valence-corrected chi connectivity index (χ0v) is 19.7. The molecule has 34 heavy (non-hydrogen) atoms. The Bertz CT molecular complexity index is 1380. The number of fused-ring (bicyclic) bond motifs is 1. The summed E-state index contributed by atoms with van der Waals surface area (Å²) in [5, 5.41) is 11.1. The van der Waals surface area contributed by atoms with Crippen molar-refractivity contribution in [2.45, 2.75) is 45.8 Å². The van der Waals surface area contributed by atoms with E-state index in [1.54, 1.807) is 18.2 Å². The molecule has 4 rings (SSSR count). The maximum absolute atomic E-state index is 13.5. The van der Waals surface area contributed by atoms with Crippen molar-refractivity contribution in [2.24, 2.45) is 0 Å². The molecule has 1 aromatic heterocycles. The smallest absolute Gasteiger partial charge is 0.254 e. The molecule has 1 atom stereocenters. The normalized spacial score (nSPS) is 12.3. The van der Waals surface area contributed by atoms with Gasteiger partial charge in [0.2, 0.25) is 0 Å². The first-order valence-electron chi connectivity index (χ1n) is 11.4. The molecule has 4 aromatic rings. The second-order valence-electron chi connectivity index (χ2n) is 9.10. The molecule has 0 spiro atoms. The van der Waals surface area contributed by atoms with E-state index in [2.05, 4.69) is 49.2 Å². The van der Waals surface area contributed by atoms with Gasteiger partial charge in [0.25, 0.3) is 5.56 Å². The Morgan fingerprint density at radius 3 is 2.15 bits per heavy atom. The maximum atomic E-state index is 13.5. The van der Waals surface area contributed by atoms with Crippen LogP contribution in [0.2, 0.25) is 0 Å². The van der Waals surface area contributed by atoms with Crippen LogP contribution in [0.3, 0.4) is 0 Å². The standard InChI is InChI=1S/C29H28FN3O/c1-19(2)23-10-5-21(6-11-23)17-33(18-22-7-12-25(30)13-8-22)28(16-31)26-15-24-9-4-20(3)14-27(24)32-29(26)34/h4-15,19,28H,17-18H2,1-3H3,(H,32,34). The van der Waals surface area contributed by atoms with Gasteiger partial charge >= 0.3 is 0 Å². The lowest BCUT2D eigenvalue weighted by Gasteiger charge is -2.27. The van der Waals surface area contributed by atoms with Crippen LogP contribution in [0, 0.1) is 24.1 Å². The number of benzene rings is 3. The molecule has 0 aliphatic heterocycles. The number of hydrogen-bond donors (Lipinski definition) is 1. The first kappa shape index (κ1) is 23.4. The number of H-pyrrole nitrogens is 1. The third kappa shape index (κ3) is 5.24. The molecule has 0 radical (unpaired) electrons. The lowest BCUT2D eigenvalue weighted by molar-refractivity contribution is 0.216. The highest BCUT2D eigenvalue weighted by Gasteiger charge is 2.24. The summed E-state index contributed by atoms with van der Waals surface area (Å²) in [5.41, 5.74) is 5.08. The molecular formula is C29H28FN3O. The molecule has 0 fully saturated rings. The molecule has 0 amide bonds. The lowest BCUT2D eigenvalue weighted by Crippen LogP contribution is -2.31. The first-order chi connectivity index (χ1) is 16.3. The van der Waals surface area contributed by atoms with Crippen LogP contribution in [0.15, 0.2) is 77.6 Å². The highest BCUT2D eigenvalue weighted by atomic mass is 19.1. The molecule has 172 valence electrons. The largest absolute Gasteiger partial charge is 0.322 e. The van der Waals surface area contributed by atoms with E-state index in [1.165, 1.54) is 17.7 Å². The van der Waals surface area contributed by atoms with Crippen molar-refractivity contribution in [1.29, 1.82) is 5.26 Å². The molecule has 4 nitrogen and oxygen atoms in total. The maximum Gasteiger partial charge on any atom is 0.254 e. The van der Waals surface area contributed by atoms with E-state index >= 15 is 0 Å². The number of nitrogens with zero attached hydrogens (tertiary/aromatic N) is 2. The van der Waals surface area contributed by atoms with Gasteiger partial charge in [0.1, 0.15) is 11.9 Å². The second-order valence-corrected chi connectivity index (χ2v) is 9.10. The van der Waals surface area contributed by atoms with E-state index in [9.17, 15) is 14.4 Å². The number of rotatable bonds is 7. The SMILES string of the molecule is Cc1ccc2cc(C(C#N)N(Cc3ccc(F)cc3)Cc3ccc(C(C)C)cc3)c(=O)[nH]c2c1. The summed E-state index contributed by atoms with van der Waals surface area (Å²) in [6.45, 7) is 7.14. The van der Waals surface area contributed by atoms with Crippen molar-refractivity contribution in [3.63, 3.8) is 0 Å². The number of hydrogen-bond acceptors (Lipinski definition) is 3. The lowest BCUT2D eigenvalue weighted by atomic mass is 10.0. The van der Waals surface area contributed by atoms with E-state index in [0.717, 1.165) is 27.6 Å². The molecule has 0 aliphatic rings. The minimum absolute atomic E-state index is 0.274. The Morgan fingerprint density at radius 1 is 0.941 bits per heavy atom. The van der Waals surface area contributed by atoms with E-state index < -0.39 is 6.04 Å². The van der Waals surface area contributed by atoms with Crippen molar-refractivity contribution in [1.82, 2.24) is 9.88 Å². The monoisotopic (exact) mass is 453 g/mol. The molecule has 1 N–H and O–H groups in total. The summed E-state index contributed by atoms with van der Waals surface area (Å²) in [6.07, 6.45) is 0. The Hall–Kier alpha value is -3.75. The van der Waals surface area contributed by atoms with Crippen molar-refractivity contribution in [2.75, 3.05) is 0 Å². The van der Waals surface area contributed by atoms with Crippen LogP contribution in [-0.2, 0) is 13.1 Å². The molecular weight excluding hydrogens is 425 g/mol. The zero-order valence-electron chi connectivity index (χ0n) is 19.7. The van der Waals surface area contributed by atoms with E-state index in [0.29, 0.717) is 24.6 Å². The Morgan fingerprint density at radius 2 is 1.56 bits per heavy atom. The molecule has 5 heteroatoms. The minimum Gasteiger partial charge on any atom is -0.322 e. The number of pyridine rings is 1. The van der Waals surface area contributed by atoms with Gasteiger partial charge in [-0.05, 0) is 64.7 Å². The van der Waals surface area contributed by atoms with Crippen LogP contribution in [0.25, 0.3) is 10.9 Å². The van der Waals surface area contributed by atoms with Crippen molar-refractivity contribution in [3.8, 4) is 6.07 Å². The summed E-state index contributed by atoms with van der Waals surface area (Å²) in [4.78, 5) is 17.9. The van der Waals surface area contributed by atoms with Crippen molar-refractivity contribution >= 4 is 10.9 Å². The fraction of sp³-hybridized carbons (Fsp3) is 0.241. The third-order valence-corrected chi connectivity index (χ3v) is 6.14. The van der Waals surface area contributed by atoms with Crippen LogP contribution in [0.5, 0.6) is 0 Å². The summed E-state index contributed by atoms with van der Waals surface area (Å²) >= 11 is 0. The van der Waals surface area contributed by atoms with Gasteiger partial charge in [0.05, 0.1) is 6.07 Å². The average molecular weight is 454 g/mol. The average Bonchev–Trinajstić information content (AvgIpc) is 2.81. The van der Waals surface area contributed by atoms with Gasteiger partial charge in [-0.3, -0.25) is 9.69 Å². The summed E-state index contributed by atoms with van der Waals surface area (Å²) in [5.74, 6) is 0.119. The molecule has 0 bridgehead atoms. The third-order valence-electron chi connectivity index (χ3n) is 6.14. The Kier molecular flexibility index (Phi) is 6.90. The van der Waals surface area contributed by atoms with Crippen molar-refractivity contribution < 1.29 is 4.39 Å². The van der Waals surface area contributed by atoms with E-state index in [-0.39, 0.29) is 11.4 Å². The number of aromatic amines is 1. The Balaban J connectivity index is 1.74. The molecule has 1 unspecified atom stereocenters. The molecule has 0 saturated carbocycles. The second kappa shape index (κ2) is 10.0. The first-order valence-corrected chi connectivity index (χ1v) is 11.4. The van der Waals surface area contributed by atoms with Crippen molar-refractivity contribution in [3.05, 3.63) is 117 Å². The molecule has 1 heterocycles. The Labute approximate surface area is 199 Å². The highest BCUT2D eigenvalue weighted by molar-refractivity contribution is 5.79. The van der Waals surface area contributed by atoms with Crippen LogP contribution >= 0.6 is 0 Å². The zero-order chi connectivity index (χ0) is 24.2. The van der Waals surface area contributed by atoms with Gasteiger partial charge < -0.3 is 4.98 Å². The minimum atomic E-state index is -0.774. The summed E-state index contributed by atoms with van der Waals surface area (Å²) in [7, 11) is 0. The predicted octanol–water partition coefficient (Wildman–Crippen LogP) is 6.37. The number of aromatic nitrogens is 1. The molecule has 0 aliphatic carbocycles. The number of halogens is 1. The van der Waals surface area contributed by atoms with Crippen LogP contribution in [-0.4, -0.2) is 9.88 Å². The topological polar surface area (TPSA) is 59.9 Å². The van der Waals surface area contributed by atoms with E-state index in [1.807, 2.05) is 30.0 Å². The summed E-state index contributed by atoms with van der Waals surface area (Å²) < 4.78 is 13.5. The van der Waals surface area contributed by atoms with Gasteiger partial charge in [0.15, 0.2) is 0 Å². The fourth-order valence-electron chi connectivity index (χ4n) is 4.19. The quantitative estimate of drug-likeness (QED) is 0.354. The fourth-order valence-corrected chi connectivity index (χ4v) is 4.19. The molecule has 3 aromatic carbocycles.